The Morgan fingerprint density at radius 1 is 1.15 bits per heavy atom. The average Bonchev–Trinajstić information content (AvgIpc) is 3.19. The molecule has 0 saturated carbocycles. The maximum Gasteiger partial charge on any atom is 0.335 e. The lowest BCUT2D eigenvalue weighted by molar-refractivity contribution is -0.116. The molecule has 0 spiro atoms. The molecule has 1 unspecified atom stereocenters. The minimum atomic E-state index is -1.00. The monoisotopic (exact) mass is 456 g/mol. The van der Waals surface area contributed by atoms with Crippen LogP contribution in [0.3, 0.4) is 0 Å². The fourth-order valence-corrected chi connectivity index (χ4v) is 4.12. The number of carboxylic acids is 1. The predicted octanol–water partition coefficient (Wildman–Crippen LogP) is 3.21. The summed E-state index contributed by atoms with van der Waals surface area (Å²) in [6.45, 7) is 1.85. The van der Waals surface area contributed by atoms with Gasteiger partial charge in [0, 0.05) is 23.5 Å². The number of carboxylic acid groups (broad SMARTS) is 1. The van der Waals surface area contributed by atoms with Crippen molar-refractivity contribution in [3.8, 4) is 23.0 Å². The highest BCUT2D eigenvalue weighted by molar-refractivity contribution is 5.95. The second-order valence-electron chi connectivity index (χ2n) is 7.86. The van der Waals surface area contributed by atoms with Crippen LogP contribution in [0.2, 0.25) is 0 Å². The van der Waals surface area contributed by atoms with E-state index in [9.17, 15) is 14.7 Å². The molecule has 0 bridgehead atoms. The van der Waals surface area contributed by atoms with Gasteiger partial charge < -0.3 is 15.2 Å². The van der Waals surface area contributed by atoms with Gasteiger partial charge in [0.15, 0.2) is 0 Å². The van der Waals surface area contributed by atoms with E-state index in [1.165, 1.54) is 16.8 Å². The average molecular weight is 456 g/mol. The molecule has 10 heteroatoms. The number of rotatable bonds is 5. The molecule has 1 aliphatic rings. The van der Waals surface area contributed by atoms with Crippen molar-refractivity contribution in [2.45, 2.75) is 19.3 Å². The van der Waals surface area contributed by atoms with Gasteiger partial charge in [-0.05, 0) is 48.9 Å². The number of fused-ring (bicyclic) bond motifs is 1. The smallest absolute Gasteiger partial charge is 0.335 e. The summed E-state index contributed by atoms with van der Waals surface area (Å²) in [5, 5.41) is 24.9. The molecular formula is C24H20N6O4. The van der Waals surface area contributed by atoms with Crippen LogP contribution in [0.15, 0.2) is 54.7 Å². The van der Waals surface area contributed by atoms with Crippen molar-refractivity contribution in [3.05, 3.63) is 77.1 Å². The molecule has 10 nitrogen and oxygen atoms in total. The van der Waals surface area contributed by atoms with Crippen molar-refractivity contribution >= 4 is 17.7 Å². The molecule has 0 saturated heterocycles. The molecule has 0 aliphatic carbocycles. The minimum Gasteiger partial charge on any atom is -0.497 e. The minimum absolute atomic E-state index is 0.180. The van der Waals surface area contributed by atoms with Gasteiger partial charge in [0.25, 0.3) is 5.95 Å². The number of benzene rings is 2. The Morgan fingerprint density at radius 3 is 2.56 bits per heavy atom. The molecular weight excluding hydrogens is 436 g/mol. The number of aromatic carboxylic acids is 1. The third-order valence-electron chi connectivity index (χ3n) is 5.79. The highest BCUT2D eigenvalue weighted by Gasteiger charge is 2.33. The van der Waals surface area contributed by atoms with Gasteiger partial charge in [-0.25, -0.2) is 9.78 Å². The van der Waals surface area contributed by atoms with Crippen LogP contribution in [0.1, 0.15) is 39.5 Å². The molecule has 3 heterocycles. The number of anilines is 1. The summed E-state index contributed by atoms with van der Waals surface area (Å²) in [6.07, 6.45) is 1.77. The Labute approximate surface area is 194 Å². The summed E-state index contributed by atoms with van der Waals surface area (Å²) in [4.78, 5) is 28.4. The molecule has 2 N–H and O–H groups in total. The van der Waals surface area contributed by atoms with Crippen LogP contribution >= 0.6 is 0 Å². The molecule has 1 aliphatic heterocycles. The molecule has 1 amide bonds. The first-order valence-electron chi connectivity index (χ1n) is 10.5. The number of aryl methyl sites for hydroxylation is 1. The van der Waals surface area contributed by atoms with Gasteiger partial charge in [-0.15, -0.1) is 5.10 Å². The van der Waals surface area contributed by atoms with Crippen LogP contribution in [-0.2, 0) is 4.79 Å². The second kappa shape index (κ2) is 8.39. The van der Waals surface area contributed by atoms with Gasteiger partial charge in [-0.1, -0.05) is 12.1 Å². The summed E-state index contributed by atoms with van der Waals surface area (Å²) < 4.78 is 6.69. The van der Waals surface area contributed by atoms with Crippen molar-refractivity contribution in [3.63, 3.8) is 0 Å². The number of methoxy groups -OCH3 is 1. The topological polar surface area (TPSA) is 132 Å². The van der Waals surface area contributed by atoms with Crippen molar-refractivity contribution in [2.75, 3.05) is 12.4 Å². The largest absolute Gasteiger partial charge is 0.497 e. The molecule has 1 atom stereocenters. The number of hydrogen-bond acceptors (Lipinski definition) is 7. The fraction of sp³-hybridized carbons (Fsp3) is 0.167. The van der Waals surface area contributed by atoms with Crippen LogP contribution in [0, 0.1) is 6.92 Å². The van der Waals surface area contributed by atoms with Gasteiger partial charge in [0.05, 0.1) is 30.3 Å². The second-order valence-corrected chi connectivity index (χ2v) is 7.86. The number of aromatic nitrogens is 5. The molecule has 0 fully saturated rings. The summed E-state index contributed by atoms with van der Waals surface area (Å²) in [6, 6.07) is 13.9. The van der Waals surface area contributed by atoms with E-state index in [2.05, 4.69) is 25.6 Å². The van der Waals surface area contributed by atoms with E-state index < -0.39 is 5.97 Å². The van der Waals surface area contributed by atoms with E-state index >= 15 is 0 Å². The molecule has 4 aromatic rings. The molecule has 2 aromatic carbocycles. The third kappa shape index (κ3) is 3.75. The van der Waals surface area contributed by atoms with Gasteiger partial charge in [-0.2, -0.15) is 14.9 Å². The van der Waals surface area contributed by atoms with E-state index in [1.54, 1.807) is 25.4 Å². The van der Waals surface area contributed by atoms with Crippen LogP contribution < -0.4 is 10.1 Å². The van der Waals surface area contributed by atoms with E-state index in [4.69, 9.17) is 4.74 Å². The van der Waals surface area contributed by atoms with Gasteiger partial charge in [0.1, 0.15) is 11.6 Å². The summed E-state index contributed by atoms with van der Waals surface area (Å²) in [5.41, 5.74) is 3.98. The predicted molar refractivity (Wildman–Crippen MR) is 122 cm³/mol. The van der Waals surface area contributed by atoms with E-state index in [0.717, 1.165) is 22.4 Å². The van der Waals surface area contributed by atoms with Gasteiger partial charge >= 0.3 is 5.97 Å². The van der Waals surface area contributed by atoms with Crippen molar-refractivity contribution in [2.24, 2.45) is 0 Å². The summed E-state index contributed by atoms with van der Waals surface area (Å²) in [5.74, 6) is -0.0280. The Balaban J connectivity index is 1.56. The number of amides is 1. The third-order valence-corrected chi connectivity index (χ3v) is 5.79. The molecule has 2 aromatic heterocycles. The number of nitrogens with one attached hydrogen (secondary N) is 1. The van der Waals surface area contributed by atoms with Gasteiger partial charge in [-0.3, -0.25) is 4.79 Å². The maximum absolute atomic E-state index is 12.6. The Bertz CT molecular complexity index is 1400. The zero-order chi connectivity index (χ0) is 23.8. The number of nitrogens with zero attached hydrogens (tertiary/aromatic N) is 5. The van der Waals surface area contributed by atoms with E-state index in [-0.39, 0.29) is 29.8 Å². The van der Waals surface area contributed by atoms with E-state index in [0.29, 0.717) is 17.2 Å². The first-order valence-corrected chi connectivity index (χ1v) is 10.5. The molecule has 5 rings (SSSR count). The Hall–Kier alpha value is -4.60. The summed E-state index contributed by atoms with van der Waals surface area (Å²) >= 11 is 0. The number of hydrogen-bond donors (Lipinski definition) is 2. The van der Waals surface area contributed by atoms with Crippen LogP contribution in [0.25, 0.3) is 17.2 Å². The van der Waals surface area contributed by atoms with E-state index in [1.807, 2.05) is 31.2 Å². The highest BCUT2D eigenvalue weighted by atomic mass is 16.5. The zero-order valence-electron chi connectivity index (χ0n) is 18.4. The first kappa shape index (κ1) is 21.3. The SMILES string of the molecule is COc1ccc(-c2cnnc(-n3nc(C)c4c3NC(=O)CC4c3ccc(C(=O)O)cc3)n2)cc1. The Kier molecular flexibility index (Phi) is 5.25. The lowest BCUT2D eigenvalue weighted by Gasteiger charge is -2.24. The molecule has 0 radical (unpaired) electrons. The standard InChI is InChI=1S/C24H20N6O4/c1-13-21-18(14-3-5-16(6-4-14)23(32)33)11-20(31)27-22(21)30(29-13)24-26-19(12-25-28-24)15-7-9-17(34-2)10-8-15/h3-10,12,18H,11H2,1-2H3,(H,27,31)(H,32,33). The maximum atomic E-state index is 12.6. The Morgan fingerprint density at radius 2 is 1.88 bits per heavy atom. The zero-order valence-corrected chi connectivity index (χ0v) is 18.4. The highest BCUT2D eigenvalue weighted by Crippen LogP contribution is 2.40. The van der Waals surface area contributed by atoms with Crippen LogP contribution in [0.4, 0.5) is 5.82 Å². The van der Waals surface area contributed by atoms with Crippen molar-refractivity contribution < 1.29 is 19.4 Å². The normalized spacial score (nSPS) is 14.9. The quantitative estimate of drug-likeness (QED) is 0.468. The van der Waals surface area contributed by atoms with Crippen LogP contribution in [0.5, 0.6) is 5.75 Å². The first-order chi connectivity index (χ1) is 16.4. The molecule has 170 valence electrons. The number of carbonyl (C=O) groups excluding carboxylic acids is 1. The fourth-order valence-electron chi connectivity index (χ4n) is 4.12. The number of ether oxygens (including phenoxy) is 1. The summed E-state index contributed by atoms with van der Waals surface area (Å²) in [7, 11) is 1.60. The van der Waals surface area contributed by atoms with Crippen molar-refractivity contribution in [1.82, 2.24) is 25.0 Å². The lowest BCUT2D eigenvalue weighted by atomic mass is 9.85. The molecule has 34 heavy (non-hydrogen) atoms. The lowest BCUT2D eigenvalue weighted by Crippen LogP contribution is -2.25. The van der Waals surface area contributed by atoms with Gasteiger partial charge in [0.2, 0.25) is 5.91 Å². The van der Waals surface area contributed by atoms with Crippen molar-refractivity contribution in [1.29, 1.82) is 0 Å². The van der Waals surface area contributed by atoms with Crippen LogP contribution in [-0.4, -0.2) is 49.1 Å². The number of carbonyl (C=O) groups is 2.